The molecule has 164 valence electrons. The summed E-state index contributed by atoms with van der Waals surface area (Å²) in [5.41, 5.74) is -0.333. The maximum Gasteiger partial charge on any atom is 0.310 e. The maximum absolute atomic E-state index is 12.9. The number of Topliss-reactive ketones (excluding diaryl/α,β-unsaturated/α-hetero) is 1. The molecule has 0 aromatic heterocycles. The van der Waals surface area contributed by atoms with Gasteiger partial charge in [-0.25, -0.2) is 8.42 Å². The van der Waals surface area contributed by atoms with E-state index in [-0.39, 0.29) is 29.3 Å². The number of rotatable bonds is 8. The average Bonchev–Trinajstić information content (AvgIpc) is 2.71. The summed E-state index contributed by atoms with van der Waals surface area (Å²) in [4.78, 5) is 24.0. The number of aliphatic hydroxyl groups excluding tert-OH is 1. The Balaban J connectivity index is 2.08. The van der Waals surface area contributed by atoms with Gasteiger partial charge in [0.2, 0.25) is 10.0 Å². The van der Waals surface area contributed by atoms with Gasteiger partial charge in [0.25, 0.3) is 0 Å². The Labute approximate surface area is 175 Å². The van der Waals surface area contributed by atoms with Crippen LogP contribution in [0.15, 0.2) is 40.5 Å². The lowest BCUT2D eigenvalue weighted by atomic mass is 10.00. The number of hydrogen-bond acceptors (Lipinski definition) is 8. The number of methoxy groups -OCH3 is 1. The van der Waals surface area contributed by atoms with Gasteiger partial charge in [-0.2, -0.15) is 4.31 Å². The molecule has 30 heavy (non-hydrogen) atoms. The van der Waals surface area contributed by atoms with Crippen LogP contribution in [0, 0.1) is 11.3 Å². The number of carbonyl (C=O) groups excluding carboxylic acids is 2. The minimum absolute atomic E-state index is 0.0408. The van der Waals surface area contributed by atoms with Gasteiger partial charge in [0.05, 0.1) is 23.5 Å². The predicted molar refractivity (Wildman–Crippen MR) is 109 cm³/mol. The van der Waals surface area contributed by atoms with E-state index < -0.39 is 40.1 Å². The van der Waals surface area contributed by atoms with Gasteiger partial charge in [-0.15, -0.1) is 0 Å². The maximum atomic E-state index is 12.9. The summed E-state index contributed by atoms with van der Waals surface area (Å²) in [5.74, 6) is -1.83. The minimum Gasteiger partial charge on any atom is -0.508 e. The molecule has 0 spiro atoms. The quantitative estimate of drug-likeness (QED) is 0.275. The number of carbonyl (C=O) groups is 2. The fourth-order valence-corrected chi connectivity index (χ4v) is 4.79. The van der Waals surface area contributed by atoms with Crippen LogP contribution in [0.1, 0.15) is 26.7 Å². The smallest absolute Gasteiger partial charge is 0.310 e. The number of piperidine rings is 1. The first-order chi connectivity index (χ1) is 14.1. The van der Waals surface area contributed by atoms with Crippen LogP contribution in [0.5, 0.6) is 5.75 Å². The Bertz CT molecular complexity index is 936. The van der Waals surface area contributed by atoms with Crippen molar-refractivity contribution >= 4 is 27.5 Å². The molecule has 0 radical (unpaired) electrons. The standard InChI is InChI=1S/C20H26N2O7S/c1-13(21)19(14(2)23)18(24)12-29-20(25)15-5-4-10-22(11-15)30(26,27)17-8-6-16(28-3)7-9-17/h6-9,15,21,24H,4-5,10-12H2,1-3H3/b19-18-,21-13?. The number of sulfonamides is 1. The largest absolute Gasteiger partial charge is 0.508 e. The lowest BCUT2D eigenvalue weighted by molar-refractivity contribution is -0.149. The first kappa shape index (κ1) is 23.6. The molecular weight excluding hydrogens is 412 g/mol. The van der Waals surface area contributed by atoms with Crippen molar-refractivity contribution in [3.8, 4) is 5.75 Å². The Hall–Kier alpha value is -2.72. The first-order valence-electron chi connectivity index (χ1n) is 9.37. The minimum atomic E-state index is -3.78. The van der Waals surface area contributed by atoms with Crippen LogP contribution in [-0.4, -0.2) is 62.1 Å². The molecule has 1 aromatic rings. The van der Waals surface area contributed by atoms with Crippen molar-refractivity contribution in [3.05, 3.63) is 35.6 Å². The third-order valence-electron chi connectivity index (χ3n) is 4.78. The van der Waals surface area contributed by atoms with E-state index in [1.807, 2.05) is 0 Å². The Kier molecular flexibility index (Phi) is 7.74. The van der Waals surface area contributed by atoms with Crippen molar-refractivity contribution in [1.82, 2.24) is 4.31 Å². The van der Waals surface area contributed by atoms with Gasteiger partial charge in [0, 0.05) is 18.8 Å². The second-order valence-electron chi connectivity index (χ2n) is 6.99. The summed E-state index contributed by atoms with van der Waals surface area (Å²) in [6.07, 6.45) is 0.927. The highest BCUT2D eigenvalue weighted by molar-refractivity contribution is 7.89. The number of aliphatic hydroxyl groups is 1. The van der Waals surface area contributed by atoms with Gasteiger partial charge >= 0.3 is 5.97 Å². The molecule has 1 aliphatic heterocycles. The normalized spacial score (nSPS) is 18.3. The zero-order chi connectivity index (χ0) is 22.5. The van der Waals surface area contributed by atoms with Gasteiger partial charge in [-0.05, 0) is 51.0 Å². The zero-order valence-corrected chi connectivity index (χ0v) is 18.0. The number of nitrogens with zero attached hydrogens (tertiary/aromatic N) is 1. The van der Waals surface area contributed by atoms with E-state index in [1.165, 1.54) is 37.4 Å². The second-order valence-corrected chi connectivity index (χ2v) is 8.93. The Morgan fingerprint density at radius 2 is 1.87 bits per heavy atom. The molecule has 1 aromatic carbocycles. The summed E-state index contributed by atoms with van der Waals surface area (Å²) in [6, 6.07) is 6.00. The predicted octanol–water partition coefficient (Wildman–Crippen LogP) is 2.08. The third-order valence-corrected chi connectivity index (χ3v) is 6.66. The fraction of sp³-hybridized carbons (Fsp3) is 0.450. The molecule has 1 saturated heterocycles. The van der Waals surface area contributed by atoms with E-state index in [0.717, 1.165) is 0 Å². The topological polar surface area (TPSA) is 134 Å². The van der Waals surface area contributed by atoms with E-state index in [2.05, 4.69) is 0 Å². The van der Waals surface area contributed by atoms with E-state index in [0.29, 0.717) is 18.6 Å². The number of nitrogens with one attached hydrogen (secondary N) is 1. The van der Waals surface area contributed by atoms with Crippen LogP contribution in [0.4, 0.5) is 0 Å². The molecule has 2 rings (SSSR count). The van der Waals surface area contributed by atoms with Crippen molar-refractivity contribution in [2.75, 3.05) is 26.8 Å². The van der Waals surface area contributed by atoms with Crippen molar-refractivity contribution < 1.29 is 32.6 Å². The molecule has 1 heterocycles. The number of allylic oxidation sites excluding steroid dienone is 1. The van der Waals surface area contributed by atoms with Crippen LogP contribution < -0.4 is 4.74 Å². The monoisotopic (exact) mass is 438 g/mol. The molecule has 1 atom stereocenters. The average molecular weight is 439 g/mol. The first-order valence-corrected chi connectivity index (χ1v) is 10.8. The van der Waals surface area contributed by atoms with Gasteiger partial charge in [-0.1, -0.05) is 0 Å². The van der Waals surface area contributed by atoms with Crippen molar-refractivity contribution in [2.45, 2.75) is 31.6 Å². The van der Waals surface area contributed by atoms with Crippen molar-refractivity contribution in [1.29, 1.82) is 5.41 Å². The van der Waals surface area contributed by atoms with Gasteiger partial charge in [-0.3, -0.25) is 9.59 Å². The highest BCUT2D eigenvalue weighted by atomic mass is 32.2. The number of hydrogen-bond donors (Lipinski definition) is 2. The SMILES string of the molecule is COc1ccc(S(=O)(=O)N2CCCC(C(=O)OC/C(O)=C(\C(C)=N)C(C)=O)C2)cc1. The number of ether oxygens (including phenoxy) is 2. The molecule has 0 bridgehead atoms. The van der Waals surface area contributed by atoms with Gasteiger partial charge in [0.1, 0.15) is 18.1 Å². The van der Waals surface area contributed by atoms with E-state index in [1.54, 1.807) is 12.1 Å². The lowest BCUT2D eigenvalue weighted by Gasteiger charge is -2.30. The molecule has 0 amide bonds. The molecule has 1 unspecified atom stereocenters. The molecule has 1 aliphatic rings. The number of esters is 1. The van der Waals surface area contributed by atoms with E-state index >= 15 is 0 Å². The van der Waals surface area contributed by atoms with E-state index in [9.17, 15) is 23.1 Å². The molecule has 10 heteroatoms. The van der Waals surface area contributed by atoms with Crippen LogP contribution in [0.2, 0.25) is 0 Å². The molecular formula is C20H26N2O7S. The fourth-order valence-electron chi connectivity index (χ4n) is 3.26. The zero-order valence-electron chi connectivity index (χ0n) is 17.2. The van der Waals surface area contributed by atoms with Gasteiger partial charge in [0.15, 0.2) is 5.78 Å². The highest BCUT2D eigenvalue weighted by Gasteiger charge is 2.34. The Morgan fingerprint density at radius 1 is 1.23 bits per heavy atom. The molecule has 2 N–H and O–H groups in total. The molecule has 1 fully saturated rings. The second kappa shape index (κ2) is 9.86. The summed E-state index contributed by atoms with van der Waals surface area (Å²) in [6.45, 7) is 2.24. The lowest BCUT2D eigenvalue weighted by Crippen LogP contribution is -2.42. The summed E-state index contributed by atoms with van der Waals surface area (Å²) >= 11 is 0. The molecule has 0 saturated carbocycles. The molecule has 0 aliphatic carbocycles. The number of benzene rings is 1. The summed E-state index contributed by atoms with van der Waals surface area (Å²) in [5, 5.41) is 17.5. The van der Waals surface area contributed by atoms with Crippen LogP contribution in [-0.2, 0) is 24.3 Å². The summed E-state index contributed by atoms with van der Waals surface area (Å²) in [7, 11) is -2.30. The van der Waals surface area contributed by atoms with Crippen molar-refractivity contribution in [3.63, 3.8) is 0 Å². The molecule has 9 nitrogen and oxygen atoms in total. The Morgan fingerprint density at radius 3 is 2.40 bits per heavy atom. The third kappa shape index (κ3) is 5.45. The van der Waals surface area contributed by atoms with E-state index in [4.69, 9.17) is 14.9 Å². The van der Waals surface area contributed by atoms with Crippen LogP contribution in [0.25, 0.3) is 0 Å². The number of ketones is 1. The van der Waals surface area contributed by atoms with Crippen LogP contribution >= 0.6 is 0 Å². The highest BCUT2D eigenvalue weighted by Crippen LogP contribution is 2.26. The van der Waals surface area contributed by atoms with Gasteiger partial charge < -0.3 is 20.0 Å². The van der Waals surface area contributed by atoms with Crippen LogP contribution in [0.3, 0.4) is 0 Å². The van der Waals surface area contributed by atoms with Crippen molar-refractivity contribution in [2.24, 2.45) is 5.92 Å². The summed E-state index contributed by atoms with van der Waals surface area (Å²) < 4.78 is 37.1.